The quantitative estimate of drug-likeness (QED) is 0.162. The highest BCUT2D eigenvalue weighted by atomic mass is 32.2. The van der Waals surface area contributed by atoms with Crippen LogP contribution < -0.4 is 31.1 Å². The molecule has 0 spiro atoms. The van der Waals surface area contributed by atoms with Crippen LogP contribution in [0.15, 0.2) is 79.0 Å². The molecule has 2 heterocycles. The molecule has 0 unspecified atom stereocenters. The van der Waals surface area contributed by atoms with Crippen LogP contribution in [0.1, 0.15) is 44.7 Å². The van der Waals surface area contributed by atoms with E-state index in [2.05, 4.69) is 19.9 Å². The fourth-order valence-electron chi connectivity index (χ4n) is 5.66. The summed E-state index contributed by atoms with van der Waals surface area (Å²) in [4.78, 5) is 45.5. The second kappa shape index (κ2) is 15.3. The number of rotatable bonds is 12. The van der Waals surface area contributed by atoms with E-state index in [0.717, 1.165) is 11.8 Å². The van der Waals surface area contributed by atoms with E-state index in [1.54, 1.807) is 18.3 Å². The van der Waals surface area contributed by atoms with Crippen LogP contribution in [0.5, 0.6) is 11.6 Å². The number of benzene rings is 3. The summed E-state index contributed by atoms with van der Waals surface area (Å²) in [5.74, 6) is -1.84. The van der Waals surface area contributed by atoms with E-state index >= 15 is 0 Å². The maximum atomic E-state index is 14.3. The van der Waals surface area contributed by atoms with Gasteiger partial charge in [-0.05, 0) is 72.5 Å². The van der Waals surface area contributed by atoms with Gasteiger partial charge in [-0.25, -0.2) is 27.0 Å². The molecule has 0 aliphatic carbocycles. The summed E-state index contributed by atoms with van der Waals surface area (Å²) < 4.78 is 58.8. The van der Waals surface area contributed by atoms with Gasteiger partial charge in [0.1, 0.15) is 18.2 Å². The van der Waals surface area contributed by atoms with Crippen LogP contribution >= 0.6 is 0 Å². The van der Waals surface area contributed by atoms with Gasteiger partial charge in [0.25, 0.3) is 5.91 Å². The molecule has 3 aromatic carbocycles. The summed E-state index contributed by atoms with van der Waals surface area (Å²) in [6.07, 6.45) is 3.74. The number of nitrogens with two attached hydrogens (primary N) is 2. The van der Waals surface area contributed by atoms with Crippen LogP contribution in [0, 0.1) is 5.82 Å². The van der Waals surface area contributed by atoms with Gasteiger partial charge < -0.3 is 21.5 Å². The van der Waals surface area contributed by atoms with E-state index in [1.165, 1.54) is 59.5 Å². The zero-order chi connectivity index (χ0) is 36.0. The average Bonchev–Trinajstić information content (AvgIpc) is 3.06. The van der Waals surface area contributed by atoms with Crippen LogP contribution in [0.4, 0.5) is 30.6 Å². The Bertz CT molecular complexity index is 2010. The van der Waals surface area contributed by atoms with Crippen molar-refractivity contribution in [3.05, 3.63) is 107 Å². The number of aromatic nitrogens is 1. The molecule has 0 radical (unpaired) electrons. The third-order valence-electron chi connectivity index (χ3n) is 7.96. The molecule has 1 aliphatic heterocycles. The van der Waals surface area contributed by atoms with Gasteiger partial charge in [-0.3, -0.25) is 24.1 Å². The minimum absolute atomic E-state index is 0.0292. The van der Waals surface area contributed by atoms with Crippen molar-refractivity contribution in [1.29, 1.82) is 0 Å². The molecule has 0 atom stereocenters. The zero-order valence-corrected chi connectivity index (χ0v) is 27.8. The number of nitrogens with zero attached hydrogens (tertiary/aromatic N) is 3. The molecule has 262 valence electrons. The molecule has 1 saturated heterocycles. The number of likely N-dealkylation sites (tertiary alicyclic amines) is 1. The van der Waals surface area contributed by atoms with Crippen molar-refractivity contribution in [2.45, 2.75) is 32.1 Å². The van der Waals surface area contributed by atoms with Gasteiger partial charge in [0.2, 0.25) is 21.8 Å². The summed E-state index contributed by atoms with van der Waals surface area (Å²) in [5, 5.41) is 2.75. The normalized spacial score (nSPS) is 13.7. The minimum Gasteiger partial charge on any atom is -0.438 e. The first-order valence-corrected chi connectivity index (χ1v) is 17.3. The van der Waals surface area contributed by atoms with Gasteiger partial charge in [0, 0.05) is 60.6 Å². The number of pyridine rings is 1. The van der Waals surface area contributed by atoms with Crippen LogP contribution in [0.3, 0.4) is 0 Å². The van der Waals surface area contributed by atoms with E-state index < -0.39 is 40.4 Å². The Kier molecular flexibility index (Phi) is 10.9. The number of ether oxygens (including phenoxy) is 1. The maximum absolute atomic E-state index is 14.3. The lowest BCUT2D eigenvalue weighted by atomic mass is 10.0. The van der Waals surface area contributed by atoms with Crippen LogP contribution in [-0.4, -0.2) is 61.5 Å². The molecule has 50 heavy (non-hydrogen) atoms. The third kappa shape index (κ3) is 9.09. The molecule has 0 bridgehead atoms. The van der Waals surface area contributed by atoms with Crippen LogP contribution in [0.2, 0.25) is 0 Å². The Morgan fingerprint density at radius 3 is 2.28 bits per heavy atom. The van der Waals surface area contributed by atoms with Gasteiger partial charge >= 0.3 is 6.03 Å². The van der Waals surface area contributed by atoms with Crippen molar-refractivity contribution in [3.8, 4) is 11.6 Å². The van der Waals surface area contributed by atoms with Gasteiger partial charge in [0.05, 0.1) is 11.8 Å². The standard InChI is InChI=1S/C34H35F2N7O6S/c1-50(47,48)41-25-8-9-30(29(17-25)33(38)45)49-31-10-5-21(19-39-31)20-42-13-11-26(12-14-42)43(27-4-2-3-23(36)15-27)34(46)40-24-7-6-22(18-35)28(16-24)32(37)44/h2-10,15-17,19,26,41H,11-14,18,20H2,1H3,(H2,37,44)(H2,38,45)(H,40,46). The van der Waals surface area contributed by atoms with Gasteiger partial charge in [-0.1, -0.05) is 18.2 Å². The lowest BCUT2D eigenvalue weighted by Crippen LogP contribution is -2.49. The van der Waals surface area contributed by atoms with Crippen molar-refractivity contribution < 1.29 is 36.3 Å². The number of sulfonamides is 1. The lowest BCUT2D eigenvalue weighted by molar-refractivity contribution is 0.0990. The summed E-state index contributed by atoms with van der Waals surface area (Å²) in [5.41, 5.74) is 12.5. The molecule has 6 N–H and O–H groups in total. The highest BCUT2D eigenvalue weighted by Gasteiger charge is 2.30. The Morgan fingerprint density at radius 2 is 1.66 bits per heavy atom. The topological polar surface area (TPSA) is 190 Å². The largest absolute Gasteiger partial charge is 0.438 e. The van der Waals surface area contributed by atoms with Crippen molar-refractivity contribution in [1.82, 2.24) is 9.88 Å². The van der Waals surface area contributed by atoms with E-state index in [-0.39, 0.29) is 45.7 Å². The SMILES string of the molecule is CS(=O)(=O)Nc1ccc(Oc2ccc(CN3CCC(N(C(=O)Nc4ccc(CF)c(C(N)=O)c4)c4cccc(F)c4)CC3)cn2)c(C(N)=O)c1. The minimum atomic E-state index is -3.57. The first kappa shape index (κ1) is 35.7. The predicted molar refractivity (Wildman–Crippen MR) is 184 cm³/mol. The van der Waals surface area contributed by atoms with Gasteiger partial charge in [-0.15, -0.1) is 0 Å². The first-order valence-electron chi connectivity index (χ1n) is 15.4. The van der Waals surface area contributed by atoms with E-state index in [0.29, 0.717) is 38.2 Å². The molecule has 4 aromatic rings. The van der Waals surface area contributed by atoms with Crippen molar-refractivity contribution in [2.24, 2.45) is 11.5 Å². The summed E-state index contributed by atoms with van der Waals surface area (Å²) in [6, 6.07) is 16.6. The van der Waals surface area contributed by atoms with Crippen molar-refractivity contribution in [3.63, 3.8) is 0 Å². The molecule has 1 aromatic heterocycles. The fraction of sp³-hybridized carbons (Fsp3) is 0.235. The van der Waals surface area contributed by atoms with E-state index in [9.17, 15) is 31.6 Å². The van der Waals surface area contributed by atoms with Crippen LogP contribution in [-0.2, 0) is 23.2 Å². The first-order chi connectivity index (χ1) is 23.8. The summed E-state index contributed by atoms with van der Waals surface area (Å²) in [7, 11) is -3.57. The number of urea groups is 1. The van der Waals surface area contributed by atoms with E-state index in [4.69, 9.17) is 16.2 Å². The fourth-order valence-corrected chi connectivity index (χ4v) is 6.22. The number of hydrogen-bond donors (Lipinski definition) is 4. The number of halogens is 2. The number of amides is 4. The zero-order valence-electron chi connectivity index (χ0n) is 26.9. The number of hydrogen-bond acceptors (Lipinski definition) is 8. The molecule has 13 nitrogen and oxygen atoms in total. The molecule has 0 saturated carbocycles. The predicted octanol–water partition coefficient (Wildman–Crippen LogP) is 4.75. The van der Waals surface area contributed by atoms with Gasteiger partial charge in [0.15, 0.2) is 0 Å². The van der Waals surface area contributed by atoms with Gasteiger partial charge in [-0.2, -0.15) is 0 Å². The monoisotopic (exact) mass is 707 g/mol. The molecule has 1 fully saturated rings. The maximum Gasteiger partial charge on any atom is 0.326 e. The molecule has 16 heteroatoms. The number of piperidine rings is 1. The molecule has 1 aliphatic rings. The molecule has 5 rings (SSSR count). The Hall–Kier alpha value is -5.61. The Morgan fingerprint density at radius 1 is 0.960 bits per heavy atom. The smallest absolute Gasteiger partial charge is 0.326 e. The number of nitrogens with one attached hydrogen (secondary N) is 2. The second-order valence-corrected chi connectivity index (χ2v) is 13.5. The highest BCUT2D eigenvalue weighted by Crippen LogP contribution is 2.29. The number of carbonyl (C=O) groups excluding carboxylic acids is 3. The number of anilines is 3. The highest BCUT2D eigenvalue weighted by molar-refractivity contribution is 7.92. The molecular formula is C34H35F2N7O6S. The van der Waals surface area contributed by atoms with Crippen molar-refractivity contribution >= 4 is 44.9 Å². The van der Waals surface area contributed by atoms with E-state index in [1.807, 2.05) is 6.07 Å². The molecular weight excluding hydrogens is 672 g/mol. The Labute approximate surface area is 287 Å². The third-order valence-corrected chi connectivity index (χ3v) is 8.57. The second-order valence-electron chi connectivity index (χ2n) is 11.7. The summed E-state index contributed by atoms with van der Waals surface area (Å²) >= 11 is 0. The Balaban J connectivity index is 1.23. The number of carbonyl (C=O) groups is 3. The molecule has 4 amide bonds. The number of primary amides is 2. The van der Waals surface area contributed by atoms with Crippen molar-refractivity contribution in [2.75, 3.05) is 34.3 Å². The average molecular weight is 708 g/mol. The number of alkyl halides is 1. The van der Waals surface area contributed by atoms with Crippen LogP contribution in [0.25, 0.3) is 0 Å². The lowest BCUT2D eigenvalue weighted by Gasteiger charge is -2.38. The summed E-state index contributed by atoms with van der Waals surface area (Å²) in [6.45, 7) is 0.861.